The summed E-state index contributed by atoms with van der Waals surface area (Å²) in [6.07, 6.45) is 1.42. The fourth-order valence-electron chi connectivity index (χ4n) is 2.64. The highest BCUT2D eigenvalue weighted by Gasteiger charge is 2.32. The van der Waals surface area contributed by atoms with Crippen molar-refractivity contribution in [2.45, 2.75) is 52.7 Å². The average Bonchev–Trinajstić information content (AvgIpc) is 3.01. The molecule has 0 radical (unpaired) electrons. The van der Waals surface area contributed by atoms with Gasteiger partial charge in [-0.2, -0.15) is 0 Å². The highest BCUT2D eigenvalue weighted by atomic mass is 15.1. The molecule has 20 heavy (non-hydrogen) atoms. The van der Waals surface area contributed by atoms with E-state index < -0.39 is 0 Å². The molecule has 0 heterocycles. The first-order valence-electron chi connectivity index (χ1n) is 7.85. The maximum Gasteiger partial charge on any atom is 0.0230 e. The molecule has 2 rings (SSSR count). The van der Waals surface area contributed by atoms with Crippen molar-refractivity contribution in [3.05, 3.63) is 35.4 Å². The fraction of sp³-hybridized carbons (Fsp3) is 0.667. The van der Waals surface area contributed by atoms with Crippen LogP contribution in [0, 0.1) is 11.8 Å². The van der Waals surface area contributed by atoms with E-state index in [-0.39, 0.29) is 5.54 Å². The van der Waals surface area contributed by atoms with Crippen molar-refractivity contribution < 1.29 is 0 Å². The summed E-state index contributed by atoms with van der Waals surface area (Å²) < 4.78 is 0. The summed E-state index contributed by atoms with van der Waals surface area (Å²) in [5.41, 5.74) is 2.98. The van der Waals surface area contributed by atoms with E-state index in [1.807, 2.05) is 0 Å². The lowest BCUT2D eigenvalue weighted by Gasteiger charge is -2.21. The zero-order valence-corrected chi connectivity index (χ0v) is 13.7. The standard InChI is InChI=1S/C18H30N2/c1-14-9-17(14)13-20(5)12-16-8-6-7-15(10-16)11-19-18(2,3)4/h6-8,10,14,17,19H,9,11-13H2,1-5H3. The Morgan fingerprint density at radius 2 is 1.90 bits per heavy atom. The Hall–Kier alpha value is -0.860. The van der Waals surface area contributed by atoms with Gasteiger partial charge in [0.15, 0.2) is 0 Å². The van der Waals surface area contributed by atoms with Crippen LogP contribution in [0.15, 0.2) is 24.3 Å². The first-order valence-corrected chi connectivity index (χ1v) is 7.85. The second-order valence-electron chi connectivity index (χ2n) is 7.59. The van der Waals surface area contributed by atoms with E-state index in [9.17, 15) is 0 Å². The molecule has 1 aliphatic rings. The maximum atomic E-state index is 3.55. The molecule has 1 aliphatic carbocycles. The lowest BCUT2D eigenvalue weighted by Crippen LogP contribution is -2.35. The maximum absolute atomic E-state index is 3.55. The van der Waals surface area contributed by atoms with Gasteiger partial charge in [-0.1, -0.05) is 31.2 Å². The monoisotopic (exact) mass is 274 g/mol. The molecular weight excluding hydrogens is 244 g/mol. The van der Waals surface area contributed by atoms with Crippen LogP contribution in [0.3, 0.4) is 0 Å². The zero-order valence-electron chi connectivity index (χ0n) is 13.7. The molecule has 2 nitrogen and oxygen atoms in total. The van der Waals surface area contributed by atoms with Gasteiger partial charge in [-0.3, -0.25) is 0 Å². The minimum absolute atomic E-state index is 0.176. The molecule has 2 atom stereocenters. The predicted molar refractivity (Wildman–Crippen MR) is 86.6 cm³/mol. The Kier molecular flexibility index (Phi) is 4.87. The third-order valence-corrected chi connectivity index (χ3v) is 4.09. The SMILES string of the molecule is CC1CC1CN(C)Cc1cccc(CNC(C)(C)C)c1. The third-order valence-electron chi connectivity index (χ3n) is 4.09. The summed E-state index contributed by atoms with van der Waals surface area (Å²) in [5, 5.41) is 3.55. The molecule has 0 aromatic heterocycles. The molecule has 2 unspecified atom stereocenters. The molecule has 1 saturated carbocycles. The third kappa shape index (κ3) is 5.26. The predicted octanol–water partition coefficient (Wildman–Crippen LogP) is 3.66. The molecule has 0 bridgehead atoms. The molecule has 0 saturated heterocycles. The molecule has 0 aliphatic heterocycles. The number of nitrogens with one attached hydrogen (secondary N) is 1. The van der Waals surface area contributed by atoms with Crippen LogP contribution in [-0.2, 0) is 13.1 Å². The van der Waals surface area contributed by atoms with Crippen LogP contribution < -0.4 is 5.32 Å². The van der Waals surface area contributed by atoms with Gasteiger partial charge in [-0.15, -0.1) is 0 Å². The summed E-state index contributed by atoms with van der Waals surface area (Å²) >= 11 is 0. The summed E-state index contributed by atoms with van der Waals surface area (Å²) in [6, 6.07) is 8.98. The van der Waals surface area contributed by atoms with Crippen molar-refractivity contribution in [3.8, 4) is 0 Å². The molecule has 112 valence electrons. The Morgan fingerprint density at radius 3 is 2.50 bits per heavy atom. The Bertz CT molecular complexity index is 433. The Balaban J connectivity index is 1.85. The molecule has 1 aromatic rings. The molecular formula is C18H30N2. The van der Waals surface area contributed by atoms with Gasteiger partial charge < -0.3 is 10.2 Å². The Labute approximate surface area is 124 Å². The van der Waals surface area contributed by atoms with Gasteiger partial charge >= 0.3 is 0 Å². The largest absolute Gasteiger partial charge is 0.308 e. The molecule has 2 heteroatoms. The fourth-order valence-corrected chi connectivity index (χ4v) is 2.64. The van der Waals surface area contributed by atoms with Crippen LogP contribution in [0.5, 0.6) is 0 Å². The molecule has 1 fully saturated rings. The molecule has 1 aromatic carbocycles. The van der Waals surface area contributed by atoms with Crippen LogP contribution in [0.25, 0.3) is 0 Å². The highest BCUT2D eigenvalue weighted by molar-refractivity contribution is 5.23. The van der Waals surface area contributed by atoms with E-state index in [4.69, 9.17) is 0 Å². The lowest BCUT2D eigenvalue weighted by molar-refractivity contribution is 0.307. The van der Waals surface area contributed by atoms with E-state index in [0.29, 0.717) is 0 Å². The summed E-state index contributed by atoms with van der Waals surface area (Å²) in [6.45, 7) is 12.2. The van der Waals surface area contributed by atoms with Gasteiger partial charge in [0.25, 0.3) is 0 Å². The van der Waals surface area contributed by atoms with Gasteiger partial charge in [0.1, 0.15) is 0 Å². The van der Waals surface area contributed by atoms with Gasteiger partial charge in [0.2, 0.25) is 0 Å². The van der Waals surface area contributed by atoms with Gasteiger partial charge in [-0.05, 0) is 57.2 Å². The van der Waals surface area contributed by atoms with Gasteiger partial charge in [-0.25, -0.2) is 0 Å². The molecule has 1 N–H and O–H groups in total. The van der Waals surface area contributed by atoms with Crippen LogP contribution >= 0.6 is 0 Å². The van der Waals surface area contributed by atoms with Gasteiger partial charge in [0, 0.05) is 25.2 Å². The smallest absolute Gasteiger partial charge is 0.0230 e. The summed E-state index contributed by atoms with van der Waals surface area (Å²) in [5.74, 6) is 1.88. The van der Waals surface area contributed by atoms with Crippen LogP contribution in [0.4, 0.5) is 0 Å². The number of benzene rings is 1. The van der Waals surface area contributed by atoms with Crippen molar-refractivity contribution in [2.75, 3.05) is 13.6 Å². The number of nitrogens with zero attached hydrogens (tertiary/aromatic N) is 1. The number of rotatable bonds is 6. The second-order valence-corrected chi connectivity index (χ2v) is 7.59. The number of hydrogen-bond donors (Lipinski definition) is 1. The first-order chi connectivity index (χ1) is 9.33. The van der Waals surface area contributed by atoms with E-state index in [0.717, 1.165) is 24.9 Å². The van der Waals surface area contributed by atoms with Crippen molar-refractivity contribution in [1.29, 1.82) is 0 Å². The van der Waals surface area contributed by atoms with Crippen LogP contribution in [0.1, 0.15) is 45.2 Å². The van der Waals surface area contributed by atoms with Crippen molar-refractivity contribution in [2.24, 2.45) is 11.8 Å². The molecule has 0 spiro atoms. The lowest BCUT2D eigenvalue weighted by atomic mass is 10.1. The summed E-state index contributed by atoms with van der Waals surface area (Å²) in [4.78, 5) is 2.46. The van der Waals surface area contributed by atoms with E-state index in [1.54, 1.807) is 0 Å². The zero-order chi connectivity index (χ0) is 14.8. The van der Waals surface area contributed by atoms with Crippen molar-refractivity contribution in [3.63, 3.8) is 0 Å². The average molecular weight is 274 g/mol. The topological polar surface area (TPSA) is 15.3 Å². The highest BCUT2D eigenvalue weighted by Crippen LogP contribution is 2.38. The Morgan fingerprint density at radius 1 is 1.25 bits per heavy atom. The molecule has 0 amide bonds. The van der Waals surface area contributed by atoms with Crippen LogP contribution in [0.2, 0.25) is 0 Å². The minimum Gasteiger partial charge on any atom is -0.308 e. The van der Waals surface area contributed by atoms with E-state index >= 15 is 0 Å². The summed E-state index contributed by atoms with van der Waals surface area (Å²) in [7, 11) is 2.24. The normalized spacial score (nSPS) is 22.3. The van der Waals surface area contributed by atoms with E-state index in [1.165, 1.54) is 24.1 Å². The van der Waals surface area contributed by atoms with Crippen LogP contribution in [-0.4, -0.2) is 24.0 Å². The first kappa shape index (κ1) is 15.5. The quantitative estimate of drug-likeness (QED) is 0.851. The second kappa shape index (κ2) is 6.28. The van der Waals surface area contributed by atoms with Gasteiger partial charge in [0.05, 0.1) is 0 Å². The minimum atomic E-state index is 0.176. The van der Waals surface area contributed by atoms with Crippen molar-refractivity contribution >= 4 is 0 Å². The van der Waals surface area contributed by atoms with Crippen molar-refractivity contribution in [1.82, 2.24) is 10.2 Å². The number of hydrogen-bond acceptors (Lipinski definition) is 2. The van der Waals surface area contributed by atoms with E-state index in [2.05, 4.69) is 69.2 Å².